The zero-order valence-corrected chi connectivity index (χ0v) is 9.52. The number of para-hydroxylation sites is 1. The van der Waals surface area contributed by atoms with Gasteiger partial charge in [-0.15, -0.1) is 0 Å². The second kappa shape index (κ2) is 5.05. The van der Waals surface area contributed by atoms with Gasteiger partial charge in [0.1, 0.15) is 0 Å². The average molecular weight is 345 g/mol. The van der Waals surface area contributed by atoms with E-state index in [2.05, 4.69) is 5.28 Å². The summed E-state index contributed by atoms with van der Waals surface area (Å²) < 4.78 is 0. The van der Waals surface area contributed by atoms with Crippen LogP contribution in [0.2, 0.25) is 0 Å². The number of hydrogen-bond donors (Lipinski definition) is 1. The van der Waals surface area contributed by atoms with Gasteiger partial charge in [-0.25, -0.2) is 0 Å². The first-order chi connectivity index (χ1) is 4.84. The zero-order chi connectivity index (χ0) is 7.40. The molecule has 0 aliphatic heterocycles. The molecule has 0 amide bonds. The molecule has 1 rings (SSSR count). The first kappa shape index (κ1) is 10.3. The molecule has 1 aromatic rings. The zero-order valence-electron chi connectivity index (χ0n) is 5.64. The van der Waals surface area contributed by atoms with Gasteiger partial charge < -0.3 is 10.4 Å². The third kappa shape index (κ3) is 2.83. The fourth-order valence-corrected chi connectivity index (χ4v) is 0.607. The van der Waals surface area contributed by atoms with Crippen molar-refractivity contribution in [3.05, 3.63) is 35.5 Å². The van der Waals surface area contributed by atoms with Gasteiger partial charge in [0.2, 0.25) is 11.0 Å². The number of benzene rings is 1. The molecule has 0 heterocycles. The Morgan fingerprint density at radius 1 is 1.27 bits per heavy atom. The van der Waals surface area contributed by atoms with E-state index in [9.17, 15) is 5.21 Å². The number of nitrogens with zero attached hydrogens (tertiary/aromatic N) is 2. The normalized spacial score (nSPS) is 10.4. The molecule has 0 saturated heterocycles. The predicted octanol–water partition coefficient (Wildman–Crippen LogP) is 1.29. The van der Waals surface area contributed by atoms with Crippen molar-refractivity contribution in [3.63, 3.8) is 0 Å². The van der Waals surface area contributed by atoms with Crippen LogP contribution in [-0.4, -0.2) is 37.4 Å². The van der Waals surface area contributed by atoms with Gasteiger partial charge in [-0.2, -0.15) is 0 Å². The molecule has 0 saturated carbocycles. The van der Waals surface area contributed by atoms with Crippen LogP contribution in [0.15, 0.2) is 35.6 Å². The minimum Gasteiger partial charge on any atom is -0.592 e. The van der Waals surface area contributed by atoms with Gasteiger partial charge in [0.25, 0.3) is 0 Å². The molecule has 11 heavy (non-hydrogen) atoms. The summed E-state index contributed by atoms with van der Waals surface area (Å²) in [5.41, 5.74) is 0.310. The Bertz CT molecular complexity index is 238. The molecule has 0 atom stereocenters. The molecule has 0 fully saturated rings. The van der Waals surface area contributed by atoms with Crippen molar-refractivity contribution in [1.82, 2.24) is 0 Å². The minimum absolute atomic E-state index is 0. The van der Waals surface area contributed by atoms with Crippen LogP contribution in [0.25, 0.3) is 0 Å². The molecule has 0 aliphatic carbocycles. The van der Waals surface area contributed by atoms with E-state index in [0.29, 0.717) is 5.69 Å². The maximum Gasteiger partial charge on any atom is 0.248 e. The second-order valence-electron chi connectivity index (χ2n) is 1.70. The summed E-state index contributed by atoms with van der Waals surface area (Å²) in [6.07, 6.45) is 0. The molecule has 5 heteroatoms. The van der Waals surface area contributed by atoms with E-state index < -0.39 is 0 Å². The Morgan fingerprint density at radius 3 is 2.27 bits per heavy atom. The summed E-state index contributed by atoms with van der Waals surface area (Å²) in [6, 6.07) is 8.24. The summed E-state index contributed by atoms with van der Waals surface area (Å²) in [5.74, 6) is 0. The predicted molar refractivity (Wildman–Crippen MR) is 39.7 cm³/mol. The molecule has 0 aromatic heterocycles. The molecule has 0 spiro atoms. The van der Waals surface area contributed by atoms with Crippen molar-refractivity contribution in [2.75, 3.05) is 0 Å². The van der Waals surface area contributed by atoms with Gasteiger partial charge in [0.15, 0.2) is 0 Å². The quantitative estimate of drug-likeness (QED) is 0.361. The Hall–Kier alpha value is -0.658. The average Bonchev–Trinajstić information content (AvgIpc) is 2.05. The van der Waals surface area contributed by atoms with Crippen molar-refractivity contribution >= 4 is 33.0 Å². The Kier molecular flexibility index (Phi) is 4.75. The first-order valence-electron chi connectivity index (χ1n) is 2.72. The van der Waals surface area contributed by atoms with Crippen molar-refractivity contribution in [2.45, 2.75) is 0 Å². The van der Waals surface area contributed by atoms with Crippen LogP contribution in [-0.2, 0) is 0 Å². The van der Waals surface area contributed by atoms with Crippen molar-refractivity contribution < 1.29 is 10.1 Å². The van der Waals surface area contributed by atoms with E-state index in [4.69, 9.17) is 5.21 Å². The third-order valence-electron chi connectivity index (χ3n) is 1.06. The van der Waals surface area contributed by atoms with Gasteiger partial charge in [-0.1, -0.05) is 18.2 Å². The summed E-state index contributed by atoms with van der Waals surface area (Å²) in [6.45, 7) is 0. The molecular formula is C6H6N2O2Pb. The second-order valence-corrected chi connectivity index (χ2v) is 1.70. The van der Waals surface area contributed by atoms with Gasteiger partial charge in [-0.05, 0) is 4.86 Å². The van der Waals surface area contributed by atoms with E-state index in [0.717, 1.165) is 0 Å². The van der Waals surface area contributed by atoms with Crippen molar-refractivity contribution in [1.29, 1.82) is 0 Å². The molecular weight excluding hydrogens is 339 g/mol. The SMILES string of the molecule is [O-]/[N+](=N/O)c1ccccc1.[Pb]. The largest absolute Gasteiger partial charge is 0.592 e. The maximum atomic E-state index is 10.5. The Balaban J connectivity index is 0.000001000. The number of rotatable bonds is 1. The van der Waals surface area contributed by atoms with E-state index in [1.165, 1.54) is 0 Å². The summed E-state index contributed by atoms with van der Waals surface area (Å²) >= 11 is 0. The van der Waals surface area contributed by atoms with Crippen LogP contribution in [0.5, 0.6) is 0 Å². The standard InChI is InChI=1S/C6H6N2O2.Pb/c9-7-8(10)6-4-2-1-3-5-6;/h1-5,9H;/b8-7+;. The Labute approximate surface area is 83.9 Å². The van der Waals surface area contributed by atoms with Gasteiger partial charge in [-0.3, -0.25) is 0 Å². The third-order valence-corrected chi connectivity index (χ3v) is 1.06. The van der Waals surface area contributed by atoms with Crippen LogP contribution in [0.4, 0.5) is 5.69 Å². The van der Waals surface area contributed by atoms with Crippen molar-refractivity contribution in [2.24, 2.45) is 5.28 Å². The summed E-state index contributed by atoms with van der Waals surface area (Å²) in [5, 5.41) is 21.0. The fraction of sp³-hybridized carbons (Fsp3) is 0. The summed E-state index contributed by atoms with van der Waals surface area (Å²) in [7, 11) is 0. The smallest absolute Gasteiger partial charge is 0.248 e. The van der Waals surface area contributed by atoms with Crippen LogP contribution in [0.1, 0.15) is 0 Å². The molecule has 4 nitrogen and oxygen atoms in total. The Morgan fingerprint density at radius 2 is 1.82 bits per heavy atom. The van der Waals surface area contributed by atoms with Gasteiger partial charge in [0, 0.05) is 39.4 Å². The molecule has 0 aliphatic rings. The molecule has 1 N–H and O–H groups in total. The van der Waals surface area contributed by atoms with Crippen molar-refractivity contribution in [3.8, 4) is 0 Å². The number of hydrogen-bond acceptors (Lipinski definition) is 2. The first-order valence-corrected chi connectivity index (χ1v) is 2.72. The monoisotopic (exact) mass is 346 g/mol. The van der Waals surface area contributed by atoms with Crippen LogP contribution >= 0.6 is 0 Å². The van der Waals surface area contributed by atoms with Crippen LogP contribution in [0.3, 0.4) is 0 Å². The maximum absolute atomic E-state index is 10.5. The van der Waals surface area contributed by atoms with Gasteiger partial charge >= 0.3 is 0 Å². The van der Waals surface area contributed by atoms with Crippen LogP contribution < -0.4 is 0 Å². The van der Waals surface area contributed by atoms with E-state index >= 15 is 0 Å². The molecule has 56 valence electrons. The van der Waals surface area contributed by atoms with Crippen LogP contribution in [0, 0.1) is 5.21 Å². The van der Waals surface area contributed by atoms with Gasteiger partial charge in [0.05, 0.1) is 0 Å². The van der Waals surface area contributed by atoms with E-state index in [-0.39, 0.29) is 32.2 Å². The topological polar surface area (TPSA) is 58.7 Å². The molecule has 4 radical (unpaired) electrons. The summed E-state index contributed by atoms with van der Waals surface area (Å²) in [4.78, 5) is 0.139. The molecule has 0 bridgehead atoms. The minimum atomic E-state index is 0. The molecule has 1 aromatic carbocycles. The van der Waals surface area contributed by atoms with E-state index in [1.54, 1.807) is 30.3 Å². The fourth-order valence-electron chi connectivity index (χ4n) is 0.607. The van der Waals surface area contributed by atoms with E-state index in [1.807, 2.05) is 0 Å². The molecule has 0 unspecified atom stereocenters.